The van der Waals surface area contributed by atoms with Crippen LogP contribution < -0.4 is 0 Å². The fourth-order valence-electron chi connectivity index (χ4n) is 1.72. The van der Waals surface area contributed by atoms with Gasteiger partial charge in [-0.15, -0.1) is 0 Å². The van der Waals surface area contributed by atoms with Crippen molar-refractivity contribution in [3.63, 3.8) is 0 Å². The fraction of sp³-hybridized carbons (Fsp3) is 0.462. The summed E-state index contributed by atoms with van der Waals surface area (Å²) in [6, 6.07) is 5.89. The van der Waals surface area contributed by atoms with Crippen molar-refractivity contribution in [3.8, 4) is 0 Å². The summed E-state index contributed by atoms with van der Waals surface area (Å²) < 4.78 is 36.5. The van der Waals surface area contributed by atoms with Gasteiger partial charge in [-0.3, -0.25) is 4.79 Å². The van der Waals surface area contributed by atoms with Gasteiger partial charge in [-0.2, -0.15) is 0 Å². The van der Waals surface area contributed by atoms with Gasteiger partial charge in [0.2, 0.25) is 0 Å². The van der Waals surface area contributed by atoms with Gasteiger partial charge >= 0.3 is 0 Å². The molecule has 5 heteroatoms. The average Bonchev–Trinajstić information content (AvgIpc) is 2.18. The summed E-state index contributed by atoms with van der Waals surface area (Å²) in [5, 5.41) is 0. The van der Waals surface area contributed by atoms with Gasteiger partial charge in [0.15, 0.2) is 15.6 Å². The molecule has 0 aliphatic heterocycles. The van der Waals surface area contributed by atoms with Crippen LogP contribution in [0.5, 0.6) is 0 Å². The lowest BCUT2D eigenvalue weighted by molar-refractivity contribution is -0.116. The van der Waals surface area contributed by atoms with Crippen LogP contribution in [0, 0.1) is 11.7 Å². The molecule has 0 unspecified atom stereocenters. The predicted molar refractivity (Wildman–Crippen MR) is 68.6 cm³/mol. The van der Waals surface area contributed by atoms with E-state index in [2.05, 4.69) is 0 Å². The van der Waals surface area contributed by atoms with E-state index in [-0.39, 0.29) is 23.7 Å². The Bertz CT molecular complexity index is 521. The largest absolute Gasteiger partial charge is 0.298 e. The van der Waals surface area contributed by atoms with Gasteiger partial charge in [0.25, 0.3) is 0 Å². The number of Topliss-reactive ketones (excluding diaryl/α,β-unsaturated/α-hetero) is 1. The highest BCUT2D eigenvalue weighted by Crippen LogP contribution is 2.09. The number of ketones is 1. The molecule has 18 heavy (non-hydrogen) atoms. The van der Waals surface area contributed by atoms with E-state index >= 15 is 0 Å². The van der Waals surface area contributed by atoms with E-state index in [0.29, 0.717) is 0 Å². The molecule has 0 saturated carbocycles. The monoisotopic (exact) mass is 272 g/mol. The predicted octanol–water partition coefficient (Wildman–Crippen LogP) is 2.01. The first kappa shape index (κ1) is 14.8. The maximum Gasteiger partial charge on any atom is 0.157 e. The van der Waals surface area contributed by atoms with Crippen molar-refractivity contribution in [1.29, 1.82) is 0 Å². The van der Waals surface area contributed by atoms with Crippen molar-refractivity contribution in [3.05, 3.63) is 35.6 Å². The summed E-state index contributed by atoms with van der Waals surface area (Å²) in [6.45, 7) is 3.55. The second kappa shape index (κ2) is 6.09. The van der Waals surface area contributed by atoms with Gasteiger partial charge < -0.3 is 0 Å². The zero-order valence-electron chi connectivity index (χ0n) is 10.5. The summed E-state index contributed by atoms with van der Waals surface area (Å²) in [7, 11) is -3.39. The molecule has 0 amide bonds. The molecule has 1 rings (SSSR count). The molecule has 3 nitrogen and oxygen atoms in total. The minimum atomic E-state index is -3.39. The molecule has 0 bridgehead atoms. The quantitative estimate of drug-likeness (QED) is 0.796. The third kappa shape index (κ3) is 4.96. The topological polar surface area (TPSA) is 51.2 Å². The molecular weight excluding hydrogens is 255 g/mol. The highest BCUT2D eigenvalue weighted by molar-refractivity contribution is 7.92. The van der Waals surface area contributed by atoms with Gasteiger partial charge in [0, 0.05) is 6.42 Å². The Kier molecular flexibility index (Phi) is 5.02. The van der Waals surface area contributed by atoms with E-state index < -0.39 is 27.2 Å². The van der Waals surface area contributed by atoms with Crippen LogP contribution in [0.2, 0.25) is 0 Å². The van der Waals surface area contributed by atoms with E-state index in [0.717, 1.165) is 0 Å². The Morgan fingerprint density at radius 3 is 2.44 bits per heavy atom. The molecule has 0 aliphatic rings. The summed E-state index contributed by atoms with van der Waals surface area (Å²) in [4.78, 5) is 11.6. The van der Waals surface area contributed by atoms with Crippen molar-refractivity contribution in [2.75, 3.05) is 11.5 Å². The number of hydrogen-bond donors (Lipinski definition) is 0. The van der Waals surface area contributed by atoms with E-state index in [1.54, 1.807) is 19.9 Å². The number of sulfone groups is 1. The van der Waals surface area contributed by atoms with Gasteiger partial charge in [-0.1, -0.05) is 32.0 Å². The molecule has 0 spiro atoms. The normalized spacial score (nSPS) is 11.8. The summed E-state index contributed by atoms with van der Waals surface area (Å²) in [6.07, 6.45) is -0.177. The first-order valence-corrected chi connectivity index (χ1v) is 7.58. The number of hydrogen-bond acceptors (Lipinski definition) is 3. The van der Waals surface area contributed by atoms with Crippen LogP contribution in [0.3, 0.4) is 0 Å². The van der Waals surface area contributed by atoms with Crippen LogP contribution in [0.4, 0.5) is 4.39 Å². The second-order valence-corrected chi connectivity index (χ2v) is 6.86. The van der Waals surface area contributed by atoms with Crippen LogP contribution in [-0.2, 0) is 21.1 Å². The Labute approximate surface area is 107 Å². The lowest BCUT2D eigenvalue weighted by atomic mass is 10.1. The van der Waals surface area contributed by atoms with Crippen LogP contribution >= 0.6 is 0 Å². The van der Waals surface area contributed by atoms with Gasteiger partial charge in [-0.05, 0) is 17.5 Å². The summed E-state index contributed by atoms with van der Waals surface area (Å²) in [5.41, 5.74) is 0.238. The molecule has 100 valence electrons. The van der Waals surface area contributed by atoms with Crippen molar-refractivity contribution < 1.29 is 17.6 Å². The van der Waals surface area contributed by atoms with E-state index in [1.807, 2.05) is 0 Å². The molecule has 0 radical (unpaired) electrons. The Hall–Kier alpha value is -1.23. The van der Waals surface area contributed by atoms with Crippen LogP contribution in [-0.4, -0.2) is 25.7 Å². The van der Waals surface area contributed by atoms with Crippen LogP contribution in [0.1, 0.15) is 19.4 Å². The zero-order valence-corrected chi connectivity index (χ0v) is 11.3. The first-order chi connectivity index (χ1) is 8.30. The lowest BCUT2D eigenvalue weighted by Gasteiger charge is -2.06. The molecule has 1 aromatic carbocycles. The Morgan fingerprint density at radius 1 is 1.28 bits per heavy atom. The third-order valence-corrected chi connectivity index (χ3v) is 4.25. The molecule has 0 N–H and O–H groups in total. The van der Waals surface area contributed by atoms with Gasteiger partial charge in [0.1, 0.15) is 11.6 Å². The molecule has 0 saturated heterocycles. The summed E-state index contributed by atoms with van der Waals surface area (Å²) in [5.74, 6) is -1.50. The number of carbonyl (C=O) groups excluding carboxylic acids is 1. The number of carbonyl (C=O) groups is 1. The number of benzene rings is 1. The number of halogens is 1. The van der Waals surface area contributed by atoms with Gasteiger partial charge in [0.05, 0.1) is 5.75 Å². The maximum absolute atomic E-state index is 13.3. The van der Waals surface area contributed by atoms with Crippen LogP contribution in [0.15, 0.2) is 24.3 Å². The van der Waals surface area contributed by atoms with Crippen molar-refractivity contribution in [2.45, 2.75) is 20.3 Å². The molecule has 0 aliphatic carbocycles. The van der Waals surface area contributed by atoms with Crippen LogP contribution in [0.25, 0.3) is 0 Å². The highest BCUT2D eigenvalue weighted by atomic mass is 32.2. The molecule has 0 atom stereocenters. The van der Waals surface area contributed by atoms with E-state index in [1.165, 1.54) is 18.2 Å². The molecular formula is C13H17FO3S. The van der Waals surface area contributed by atoms with Crippen molar-refractivity contribution in [1.82, 2.24) is 0 Å². The van der Waals surface area contributed by atoms with Crippen molar-refractivity contribution >= 4 is 15.6 Å². The minimum Gasteiger partial charge on any atom is -0.298 e. The standard InChI is InChI=1S/C13H17FO3S/c1-10(2)8-18(16,17)9-12(15)7-11-5-3-4-6-13(11)14/h3-6,10H,7-9H2,1-2H3. The van der Waals surface area contributed by atoms with Crippen molar-refractivity contribution in [2.24, 2.45) is 5.92 Å². The smallest absolute Gasteiger partial charge is 0.157 e. The fourth-order valence-corrected chi connectivity index (χ4v) is 3.44. The Balaban J connectivity index is 2.66. The highest BCUT2D eigenvalue weighted by Gasteiger charge is 2.19. The zero-order chi connectivity index (χ0) is 13.8. The van der Waals surface area contributed by atoms with E-state index in [9.17, 15) is 17.6 Å². The average molecular weight is 272 g/mol. The maximum atomic E-state index is 13.3. The Morgan fingerprint density at radius 2 is 1.89 bits per heavy atom. The number of rotatable bonds is 6. The first-order valence-electron chi connectivity index (χ1n) is 5.75. The third-order valence-electron chi connectivity index (χ3n) is 2.31. The minimum absolute atomic E-state index is 0.0174. The molecule has 0 fully saturated rings. The van der Waals surface area contributed by atoms with E-state index in [4.69, 9.17) is 0 Å². The molecule has 0 aromatic heterocycles. The molecule has 0 heterocycles. The SMILES string of the molecule is CC(C)CS(=O)(=O)CC(=O)Cc1ccccc1F. The molecule has 1 aromatic rings. The second-order valence-electron chi connectivity index (χ2n) is 4.76. The van der Waals surface area contributed by atoms with Gasteiger partial charge in [-0.25, -0.2) is 12.8 Å². The summed E-state index contributed by atoms with van der Waals surface area (Å²) >= 11 is 0. The lowest BCUT2D eigenvalue weighted by Crippen LogP contribution is -2.23.